The first-order valence-electron chi connectivity index (χ1n) is 7.14. The van der Waals surface area contributed by atoms with E-state index in [2.05, 4.69) is 5.32 Å². The summed E-state index contributed by atoms with van der Waals surface area (Å²) < 4.78 is 15.9. The van der Waals surface area contributed by atoms with Crippen molar-refractivity contribution in [3.8, 4) is 11.5 Å². The van der Waals surface area contributed by atoms with Gasteiger partial charge in [-0.1, -0.05) is 12.2 Å². The van der Waals surface area contributed by atoms with Crippen molar-refractivity contribution < 1.29 is 28.9 Å². The van der Waals surface area contributed by atoms with Gasteiger partial charge in [0, 0.05) is 6.07 Å². The Morgan fingerprint density at radius 3 is 2.43 bits per heavy atom. The molecule has 0 aliphatic carbocycles. The van der Waals surface area contributed by atoms with Gasteiger partial charge in [-0.3, -0.25) is 9.59 Å². The fourth-order valence-corrected chi connectivity index (χ4v) is 3.04. The van der Waals surface area contributed by atoms with Gasteiger partial charge >= 0.3 is 5.97 Å². The van der Waals surface area contributed by atoms with E-state index in [-0.39, 0.29) is 0 Å². The lowest BCUT2D eigenvalue weighted by atomic mass is 9.82. The van der Waals surface area contributed by atoms with Gasteiger partial charge in [-0.25, -0.2) is 0 Å². The van der Waals surface area contributed by atoms with Gasteiger partial charge < -0.3 is 24.6 Å². The van der Waals surface area contributed by atoms with Crippen LogP contribution in [0, 0.1) is 11.8 Å². The molecule has 2 aliphatic rings. The van der Waals surface area contributed by atoms with Gasteiger partial charge in [0.2, 0.25) is 5.91 Å². The average molecular weight is 319 g/mol. The molecule has 1 aromatic carbocycles. The van der Waals surface area contributed by atoms with Gasteiger partial charge in [-0.05, 0) is 12.1 Å². The molecular formula is C16H17NO6. The first-order chi connectivity index (χ1) is 11.0. The molecule has 0 saturated carbocycles. The number of anilines is 1. The molecule has 7 nitrogen and oxygen atoms in total. The molecule has 0 unspecified atom stereocenters. The molecule has 1 aromatic rings. The van der Waals surface area contributed by atoms with Crippen molar-refractivity contribution in [3.05, 3.63) is 30.4 Å². The fourth-order valence-electron chi connectivity index (χ4n) is 3.04. The van der Waals surface area contributed by atoms with Crippen LogP contribution in [0.4, 0.5) is 5.69 Å². The predicted octanol–water partition coefficient (Wildman–Crippen LogP) is 1.30. The van der Waals surface area contributed by atoms with E-state index >= 15 is 0 Å². The number of carboxylic acid groups (broad SMARTS) is 1. The lowest BCUT2D eigenvalue weighted by molar-refractivity contribution is -0.145. The number of amides is 1. The number of ether oxygens (including phenoxy) is 3. The number of methoxy groups -OCH3 is 2. The van der Waals surface area contributed by atoms with E-state index in [0.717, 1.165) is 0 Å². The Labute approximate surface area is 132 Å². The van der Waals surface area contributed by atoms with Crippen LogP contribution < -0.4 is 14.8 Å². The zero-order chi connectivity index (χ0) is 16.6. The largest absolute Gasteiger partial charge is 0.497 e. The van der Waals surface area contributed by atoms with E-state index in [1.165, 1.54) is 14.2 Å². The smallest absolute Gasteiger partial charge is 0.310 e. The molecule has 3 rings (SSSR count). The molecule has 2 aliphatic heterocycles. The molecule has 0 spiro atoms. The van der Waals surface area contributed by atoms with Gasteiger partial charge in [-0.15, -0.1) is 0 Å². The van der Waals surface area contributed by atoms with Crippen molar-refractivity contribution in [1.82, 2.24) is 0 Å². The zero-order valence-corrected chi connectivity index (χ0v) is 12.7. The van der Waals surface area contributed by atoms with Crippen LogP contribution in [0.2, 0.25) is 0 Å². The predicted molar refractivity (Wildman–Crippen MR) is 80.6 cm³/mol. The molecule has 4 atom stereocenters. The molecule has 2 bridgehead atoms. The van der Waals surface area contributed by atoms with E-state index in [1.54, 1.807) is 30.4 Å². The number of hydrogen-bond donors (Lipinski definition) is 2. The minimum absolute atomic E-state index is 0.416. The number of hydrogen-bond acceptors (Lipinski definition) is 5. The molecule has 2 heterocycles. The quantitative estimate of drug-likeness (QED) is 0.795. The molecular weight excluding hydrogens is 302 g/mol. The van der Waals surface area contributed by atoms with Crippen LogP contribution in [0.1, 0.15) is 0 Å². The maximum Gasteiger partial charge on any atom is 0.310 e. The van der Waals surface area contributed by atoms with Gasteiger partial charge in [0.1, 0.15) is 17.4 Å². The van der Waals surface area contributed by atoms with Gasteiger partial charge in [0.15, 0.2) is 0 Å². The molecule has 122 valence electrons. The Kier molecular flexibility index (Phi) is 3.96. The van der Waals surface area contributed by atoms with E-state index in [4.69, 9.17) is 14.2 Å². The van der Waals surface area contributed by atoms with Crippen LogP contribution in [-0.4, -0.2) is 43.4 Å². The molecule has 1 amide bonds. The summed E-state index contributed by atoms with van der Waals surface area (Å²) in [5.41, 5.74) is 0.424. The highest BCUT2D eigenvalue weighted by Crippen LogP contribution is 2.40. The summed E-state index contributed by atoms with van der Waals surface area (Å²) in [6.07, 6.45) is 2.36. The second-order valence-electron chi connectivity index (χ2n) is 5.40. The normalized spacial score (nSPS) is 27.7. The monoisotopic (exact) mass is 319 g/mol. The zero-order valence-electron chi connectivity index (χ0n) is 12.7. The molecule has 7 heteroatoms. The minimum Gasteiger partial charge on any atom is -0.497 e. The second-order valence-corrected chi connectivity index (χ2v) is 5.40. The second kappa shape index (κ2) is 5.92. The highest BCUT2D eigenvalue weighted by atomic mass is 16.5. The van der Waals surface area contributed by atoms with Crippen molar-refractivity contribution in [2.75, 3.05) is 19.5 Å². The van der Waals surface area contributed by atoms with Crippen molar-refractivity contribution >= 4 is 17.6 Å². The lowest BCUT2D eigenvalue weighted by Crippen LogP contribution is -2.39. The molecule has 0 aromatic heterocycles. The number of benzene rings is 1. The number of carbonyl (C=O) groups is 2. The summed E-state index contributed by atoms with van der Waals surface area (Å²) in [5, 5.41) is 12.1. The number of carboxylic acids is 1. The van der Waals surface area contributed by atoms with Gasteiger partial charge in [0.05, 0.1) is 38.0 Å². The third-order valence-corrected chi connectivity index (χ3v) is 4.15. The maximum absolute atomic E-state index is 12.6. The highest BCUT2D eigenvalue weighted by molar-refractivity contribution is 5.97. The van der Waals surface area contributed by atoms with Crippen molar-refractivity contribution in [3.63, 3.8) is 0 Å². The third-order valence-electron chi connectivity index (χ3n) is 4.15. The summed E-state index contributed by atoms with van der Waals surface area (Å²) in [7, 11) is 3.00. The van der Waals surface area contributed by atoms with Crippen molar-refractivity contribution in [2.24, 2.45) is 11.8 Å². The number of fused-ring (bicyclic) bond motifs is 2. The van der Waals surface area contributed by atoms with Crippen LogP contribution in [0.15, 0.2) is 30.4 Å². The first kappa shape index (κ1) is 15.4. The first-order valence-corrected chi connectivity index (χ1v) is 7.14. The average Bonchev–Trinajstić information content (AvgIpc) is 3.15. The molecule has 2 N–H and O–H groups in total. The van der Waals surface area contributed by atoms with E-state index < -0.39 is 35.9 Å². The molecule has 23 heavy (non-hydrogen) atoms. The number of aliphatic carboxylic acids is 1. The van der Waals surface area contributed by atoms with E-state index in [9.17, 15) is 14.7 Å². The summed E-state index contributed by atoms with van der Waals surface area (Å²) in [6, 6.07) is 4.99. The lowest BCUT2D eigenvalue weighted by Gasteiger charge is -2.21. The Bertz CT molecular complexity index is 671. The fraction of sp³-hybridized carbons (Fsp3) is 0.375. The number of nitrogens with one attached hydrogen (secondary N) is 1. The Hall–Kier alpha value is -2.54. The van der Waals surface area contributed by atoms with Crippen LogP contribution in [0.25, 0.3) is 0 Å². The maximum atomic E-state index is 12.6. The number of rotatable bonds is 5. The highest BCUT2D eigenvalue weighted by Gasteiger charge is 2.53. The standard InChI is InChI=1S/C16H17NO6/c1-21-8-3-4-10(22-2)9(7-8)17-15(18)13-11-5-6-12(23-11)14(13)16(19)20/h3-7,11-14H,1-2H3,(H,17,18)(H,19,20)/t11-,12-,13+,14+/m1/s1. The summed E-state index contributed by atoms with van der Waals surface area (Å²) in [4.78, 5) is 24.0. The van der Waals surface area contributed by atoms with Crippen LogP contribution >= 0.6 is 0 Å². The van der Waals surface area contributed by atoms with Crippen LogP contribution in [0.5, 0.6) is 11.5 Å². The topological polar surface area (TPSA) is 94.1 Å². The number of carbonyl (C=O) groups excluding carboxylic acids is 1. The summed E-state index contributed by atoms with van der Waals surface area (Å²) in [6.45, 7) is 0. The van der Waals surface area contributed by atoms with Crippen molar-refractivity contribution in [1.29, 1.82) is 0 Å². The Morgan fingerprint density at radius 2 is 1.83 bits per heavy atom. The van der Waals surface area contributed by atoms with Crippen LogP contribution in [0.3, 0.4) is 0 Å². The van der Waals surface area contributed by atoms with Gasteiger partial charge in [-0.2, -0.15) is 0 Å². The van der Waals surface area contributed by atoms with Gasteiger partial charge in [0.25, 0.3) is 0 Å². The van der Waals surface area contributed by atoms with E-state index in [1.807, 2.05) is 0 Å². The third kappa shape index (κ3) is 2.63. The Balaban J connectivity index is 1.84. The summed E-state index contributed by atoms with van der Waals surface area (Å²) >= 11 is 0. The summed E-state index contributed by atoms with van der Waals surface area (Å²) in [5.74, 6) is -2.11. The SMILES string of the molecule is COc1ccc(OC)c(NC(=O)[C@@H]2[C@@H](C(=O)O)[C@H]3C=C[C@H]2O3)c1. The van der Waals surface area contributed by atoms with Crippen LogP contribution in [-0.2, 0) is 14.3 Å². The minimum atomic E-state index is -1.04. The van der Waals surface area contributed by atoms with E-state index in [0.29, 0.717) is 17.2 Å². The van der Waals surface area contributed by atoms with Crippen molar-refractivity contribution in [2.45, 2.75) is 12.2 Å². The molecule has 0 radical (unpaired) electrons. The molecule has 1 fully saturated rings. The molecule has 1 saturated heterocycles. The Morgan fingerprint density at radius 1 is 1.13 bits per heavy atom.